The highest BCUT2D eigenvalue weighted by Crippen LogP contribution is 2.36. The average Bonchev–Trinajstić information content (AvgIpc) is 2.97. The Balaban J connectivity index is 2.44. The molecule has 1 heterocycles. The van der Waals surface area contributed by atoms with Crippen LogP contribution in [0.15, 0.2) is 41.3 Å². The second-order valence-corrected chi connectivity index (χ2v) is 6.39. The van der Waals surface area contributed by atoms with Gasteiger partial charge in [-0.3, -0.25) is 4.79 Å². The second kappa shape index (κ2) is 8.48. The molecule has 0 unspecified atom stereocenters. The SMILES string of the molecule is CCOC(=O)c1c(-c2ccc(OC)cc2)csc1NC(=O)C=C(C)C. The van der Waals surface area contributed by atoms with Crippen LogP contribution in [-0.4, -0.2) is 25.6 Å². The molecule has 2 aromatic rings. The van der Waals surface area contributed by atoms with E-state index in [1.165, 1.54) is 17.4 Å². The zero-order valence-electron chi connectivity index (χ0n) is 14.7. The van der Waals surface area contributed by atoms with Gasteiger partial charge in [0.05, 0.1) is 13.7 Å². The number of anilines is 1. The maximum Gasteiger partial charge on any atom is 0.341 e. The molecular weight excluding hydrogens is 338 g/mol. The van der Waals surface area contributed by atoms with Crippen LogP contribution < -0.4 is 10.1 Å². The number of methoxy groups -OCH3 is 1. The lowest BCUT2D eigenvalue weighted by atomic mass is 10.0. The van der Waals surface area contributed by atoms with E-state index in [0.29, 0.717) is 10.6 Å². The van der Waals surface area contributed by atoms with Gasteiger partial charge in [-0.15, -0.1) is 11.3 Å². The standard InChI is InChI=1S/C19H21NO4S/c1-5-24-19(22)17-15(13-6-8-14(23-4)9-7-13)11-25-18(17)20-16(21)10-12(2)3/h6-11H,5H2,1-4H3,(H,20,21). The molecule has 0 aliphatic rings. The molecule has 2 rings (SSSR count). The Morgan fingerprint density at radius 2 is 1.88 bits per heavy atom. The van der Waals surface area contributed by atoms with Crippen molar-refractivity contribution >= 4 is 28.2 Å². The number of rotatable bonds is 6. The summed E-state index contributed by atoms with van der Waals surface area (Å²) in [4.78, 5) is 24.5. The van der Waals surface area contributed by atoms with Gasteiger partial charge in [-0.1, -0.05) is 17.7 Å². The molecule has 1 aromatic heterocycles. The first-order valence-electron chi connectivity index (χ1n) is 7.85. The summed E-state index contributed by atoms with van der Waals surface area (Å²) in [5.74, 6) is 0.00416. The highest BCUT2D eigenvalue weighted by atomic mass is 32.1. The quantitative estimate of drug-likeness (QED) is 0.609. The Morgan fingerprint density at radius 1 is 1.20 bits per heavy atom. The molecule has 0 aliphatic heterocycles. The Bertz CT molecular complexity index is 786. The van der Waals surface area contributed by atoms with Gasteiger partial charge in [0.1, 0.15) is 16.3 Å². The number of carbonyl (C=O) groups excluding carboxylic acids is 2. The van der Waals surface area contributed by atoms with E-state index >= 15 is 0 Å². The van der Waals surface area contributed by atoms with Crippen molar-refractivity contribution in [3.8, 4) is 16.9 Å². The Kier molecular flexibility index (Phi) is 6.36. The van der Waals surface area contributed by atoms with Gasteiger partial charge in [-0.25, -0.2) is 4.79 Å². The van der Waals surface area contributed by atoms with Crippen LogP contribution in [0.4, 0.5) is 5.00 Å². The normalized spacial score (nSPS) is 10.1. The number of amides is 1. The minimum atomic E-state index is -0.456. The third-order valence-electron chi connectivity index (χ3n) is 3.33. The van der Waals surface area contributed by atoms with Crippen molar-refractivity contribution < 1.29 is 19.1 Å². The topological polar surface area (TPSA) is 64.6 Å². The minimum absolute atomic E-state index is 0.262. The molecule has 0 radical (unpaired) electrons. The maximum atomic E-state index is 12.4. The van der Waals surface area contributed by atoms with Crippen LogP contribution in [-0.2, 0) is 9.53 Å². The number of esters is 1. The van der Waals surface area contributed by atoms with E-state index in [1.807, 2.05) is 43.5 Å². The van der Waals surface area contributed by atoms with E-state index in [4.69, 9.17) is 9.47 Å². The molecule has 1 N–H and O–H groups in total. The van der Waals surface area contributed by atoms with E-state index in [2.05, 4.69) is 5.32 Å². The molecule has 1 aromatic carbocycles. The van der Waals surface area contributed by atoms with Crippen molar-refractivity contribution in [2.75, 3.05) is 19.0 Å². The molecule has 0 aliphatic carbocycles. The minimum Gasteiger partial charge on any atom is -0.497 e. The van der Waals surface area contributed by atoms with E-state index in [-0.39, 0.29) is 12.5 Å². The number of benzene rings is 1. The van der Waals surface area contributed by atoms with Crippen molar-refractivity contribution in [2.24, 2.45) is 0 Å². The summed E-state index contributed by atoms with van der Waals surface area (Å²) in [6.07, 6.45) is 1.49. The molecule has 0 saturated heterocycles. The summed E-state index contributed by atoms with van der Waals surface area (Å²) < 4.78 is 10.3. The molecule has 6 heteroatoms. The highest BCUT2D eigenvalue weighted by Gasteiger charge is 2.22. The first kappa shape index (κ1) is 18.7. The zero-order chi connectivity index (χ0) is 18.4. The monoisotopic (exact) mass is 359 g/mol. The van der Waals surface area contributed by atoms with Gasteiger partial charge in [0.15, 0.2) is 0 Å². The smallest absolute Gasteiger partial charge is 0.341 e. The zero-order valence-corrected chi connectivity index (χ0v) is 15.5. The van der Waals surface area contributed by atoms with Crippen LogP contribution in [0.3, 0.4) is 0 Å². The summed E-state index contributed by atoms with van der Waals surface area (Å²) >= 11 is 1.30. The largest absolute Gasteiger partial charge is 0.497 e. The Hall–Kier alpha value is -2.60. The Labute approximate surface area is 151 Å². The highest BCUT2D eigenvalue weighted by molar-refractivity contribution is 7.15. The second-order valence-electron chi connectivity index (χ2n) is 5.51. The fraction of sp³-hybridized carbons (Fsp3) is 0.263. The summed E-state index contributed by atoms with van der Waals surface area (Å²) in [6.45, 7) is 5.68. The van der Waals surface area contributed by atoms with E-state index < -0.39 is 5.97 Å². The summed E-state index contributed by atoms with van der Waals surface area (Å²) in [5.41, 5.74) is 2.82. The molecule has 0 saturated carbocycles. The fourth-order valence-electron chi connectivity index (χ4n) is 2.25. The lowest BCUT2D eigenvalue weighted by Gasteiger charge is -2.08. The summed E-state index contributed by atoms with van der Waals surface area (Å²) in [6, 6.07) is 7.38. The molecule has 0 bridgehead atoms. The van der Waals surface area contributed by atoms with Gasteiger partial charge in [0, 0.05) is 17.0 Å². The van der Waals surface area contributed by atoms with Crippen LogP contribution in [0.1, 0.15) is 31.1 Å². The number of allylic oxidation sites excluding steroid dienone is 1. The Morgan fingerprint density at radius 3 is 2.44 bits per heavy atom. The van der Waals surface area contributed by atoms with Gasteiger partial charge in [0.2, 0.25) is 5.91 Å². The third-order valence-corrected chi connectivity index (χ3v) is 4.22. The van der Waals surface area contributed by atoms with Crippen LogP contribution in [0.2, 0.25) is 0 Å². The molecule has 0 fully saturated rings. The molecular formula is C19H21NO4S. The fourth-order valence-corrected chi connectivity index (χ4v) is 3.21. The van der Waals surface area contributed by atoms with E-state index in [1.54, 1.807) is 14.0 Å². The van der Waals surface area contributed by atoms with Gasteiger partial charge in [0.25, 0.3) is 0 Å². The molecule has 1 amide bonds. The first-order chi connectivity index (χ1) is 12.0. The van der Waals surface area contributed by atoms with Crippen LogP contribution in [0, 0.1) is 0 Å². The van der Waals surface area contributed by atoms with Gasteiger partial charge < -0.3 is 14.8 Å². The van der Waals surface area contributed by atoms with Crippen LogP contribution in [0.5, 0.6) is 5.75 Å². The first-order valence-corrected chi connectivity index (χ1v) is 8.73. The van der Waals surface area contributed by atoms with Crippen LogP contribution in [0.25, 0.3) is 11.1 Å². The maximum absolute atomic E-state index is 12.4. The lowest BCUT2D eigenvalue weighted by Crippen LogP contribution is -2.12. The predicted molar refractivity (Wildman–Crippen MR) is 100 cm³/mol. The molecule has 5 nitrogen and oxygen atoms in total. The van der Waals surface area contributed by atoms with Crippen molar-refractivity contribution in [3.63, 3.8) is 0 Å². The predicted octanol–water partition coefficient (Wildman–Crippen LogP) is 4.51. The number of nitrogens with one attached hydrogen (secondary N) is 1. The van der Waals surface area contributed by atoms with E-state index in [0.717, 1.165) is 22.4 Å². The number of hydrogen-bond acceptors (Lipinski definition) is 5. The number of hydrogen-bond donors (Lipinski definition) is 1. The van der Waals surface area contributed by atoms with Gasteiger partial charge in [-0.05, 0) is 38.5 Å². The average molecular weight is 359 g/mol. The molecule has 0 atom stereocenters. The number of ether oxygens (including phenoxy) is 2. The summed E-state index contributed by atoms with van der Waals surface area (Å²) in [7, 11) is 1.60. The molecule has 0 spiro atoms. The van der Waals surface area contributed by atoms with Crippen LogP contribution >= 0.6 is 11.3 Å². The third kappa shape index (κ3) is 4.70. The lowest BCUT2D eigenvalue weighted by molar-refractivity contribution is -0.111. The molecule has 132 valence electrons. The number of thiophene rings is 1. The number of carbonyl (C=O) groups is 2. The van der Waals surface area contributed by atoms with Gasteiger partial charge in [-0.2, -0.15) is 0 Å². The van der Waals surface area contributed by atoms with E-state index in [9.17, 15) is 9.59 Å². The summed E-state index contributed by atoms with van der Waals surface area (Å²) in [5, 5.41) is 5.09. The van der Waals surface area contributed by atoms with Crippen molar-refractivity contribution in [3.05, 3.63) is 46.9 Å². The van der Waals surface area contributed by atoms with Gasteiger partial charge >= 0.3 is 5.97 Å². The van der Waals surface area contributed by atoms with Crippen molar-refractivity contribution in [2.45, 2.75) is 20.8 Å². The van der Waals surface area contributed by atoms with Crippen molar-refractivity contribution in [1.29, 1.82) is 0 Å². The van der Waals surface area contributed by atoms with Crippen molar-refractivity contribution in [1.82, 2.24) is 0 Å². The molecule has 25 heavy (non-hydrogen) atoms.